The van der Waals surface area contributed by atoms with E-state index in [9.17, 15) is 4.79 Å². The van der Waals surface area contributed by atoms with Crippen molar-refractivity contribution in [1.29, 1.82) is 0 Å². The minimum absolute atomic E-state index is 0.0437. The van der Waals surface area contributed by atoms with Crippen LogP contribution in [0.15, 0.2) is 6.07 Å². The fourth-order valence-electron chi connectivity index (χ4n) is 1.80. The molecule has 6 heteroatoms. The van der Waals surface area contributed by atoms with Crippen LogP contribution in [-0.2, 0) is 0 Å². The van der Waals surface area contributed by atoms with Crippen molar-refractivity contribution in [1.82, 2.24) is 5.32 Å². The van der Waals surface area contributed by atoms with Gasteiger partial charge in [0.25, 0.3) is 5.91 Å². The van der Waals surface area contributed by atoms with Gasteiger partial charge in [0.05, 0.1) is 9.90 Å². The number of carbonyl (C=O) groups is 1. The molecule has 0 bridgehead atoms. The molecule has 0 saturated heterocycles. The predicted molar refractivity (Wildman–Crippen MR) is 70.0 cm³/mol. The highest BCUT2D eigenvalue weighted by molar-refractivity contribution is 7.20. The van der Waals surface area contributed by atoms with Crippen molar-refractivity contribution in [3.05, 3.63) is 20.3 Å². The number of thiophene rings is 1. The fourth-order valence-corrected chi connectivity index (χ4v) is 3.26. The molecule has 94 valence electrons. The first-order chi connectivity index (χ1) is 8.11. The SMILES string of the molecule is O=C(NC(CCO)C1CC1)c1cc(Cl)sc1Cl. The third-order valence-electron chi connectivity index (χ3n) is 2.85. The molecule has 0 aromatic carbocycles. The zero-order valence-electron chi connectivity index (χ0n) is 9.08. The summed E-state index contributed by atoms with van der Waals surface area (Å²) in [7, 11) is 0. The van der Waals surface area contributed by atoms with Crippen molar-refractivity contribution in [2.24, 2.45) is 5.92 Å². The maximum Gasteiger partial charge on any atom is 0.253 e. The Labute approximate surface area is 114 Å². The molecule has 17 heavy (non-hydrogen) atoms. The van der Waals surface area contributed by atoms with Crippen LogP contribution in [0.4, 0.5) is 0 Å². The molecule has 1 heterocycles. The molecule has 0 spiro atoms. The Morgan fingerprint density at radius 1 is 1.59 bits per heavy atom. The summed E-state index contributed by atoms with van der Waals surface area (Å²) in [5, 5.41) is 11.9. The van der Waals surface area contributed by atoms with E-state index in [-0.39, 0.29) is 18.6 Å². The molecular formula is C11H13Cl2NO2S. The molecule has 1 amide bonds. The second kappa shape index (κ2) is 5.57. The van der Waals surface area contributed by atoms with Gasteiger partial charge in [-0.1, -0.05) is 23.2 Å². The van der Waals surface area contributed by atoms with Gasteiger partial charge in [-0.05, 0) is 31.2 Å². The zero-order valence-corrected chi connectivity index (χ0v) is 11.4. The summed E-state index contributed by atoms with van der Waals surface area (Å²) in [6.07, 6.45) is 2.82. The number of hydrogen-bond donors (Lipinski definition) is 2. The topological polar surface area (TPSA) is 49.3 Å². The van der Waals surface area contributed by atoms with Gasteiger partial charge >= 0.3 is 0 Å². The molecule has 2 N–H and O–H groups in total. The summed E-state index contributed by atoms with van der Waals surface area (Å²) in [4.78, 5) is 12.0. The van der Waals surface area contributed by atoms with Crippen molar-refractivity contribution in [2.45, 2.75) is 25.3 Å². The standard InChI is InChI=1S/C11H13Cl2NO2S/c12-9-5-7(10(13)17-9)11(16)14-8(3-4-15)6-1-2-6/h5-6,8,15H,1-4H2,(H,14,16). The van der Waals surface area contributed by atoms with Crippen molar-refractivity contribution in [3.8, 4) is 0 Å². The molecule has 2 rings (SSSR count). The van der Waals surface area contributed by atoms with Gasteiger partial charge in [-0.15, -0.1) is 11.3 Å². The number of rotatable bonds is 5. The number of aliphatic hydroxyl groups is 1. The summed E-state index contributed by atoms with van der Waals surface area (Å²) >= 11 is 12.9. The highest BCUT2D eigenvalue weighted by Gasteiger charge is 2.32. The second-order valence-electron chi connectivity index (χ2n) is 4.17. The van der Waals surface area contributed by atoms with E-state index in [1.807, 2.05) is 0 Å². The Kier molecular flexibility index (Phi) is 4.31. The number of amides is 1. The largest absolute Gasteiger partial charge is 0.396 e. The van der Waals surface area contributed by atoms with Gasteiger partial charge in [-0.3, -0.25) is 4.79 Å². The monoisotopic (exact) mass is 293 g/mol. The molecule has 1 saturated carbocycles. The first-order valence-electron chi connectivity index (χ1n) is 5.48. The van der Waals surface area contributed by atoms with Crippen LogP contribution in [0.3, 0.4) is 0 Å². The molecule has 1 aromatic heterocycles. The van der Waals surface area contributed by atoms with Crippen LogP contribution in [-0.4, -0.2) is 23.7 Å². The van der Waals surface area contributed by atoms with Crippen LogP contribution >= 0.6 is 34.5 Å². The smallest absolute Gasteiger partial charge is 0.253 e. The van der Waals surface area contributed by atoms with Gasteiger partial charge in [-0.25, -0.2) is 0 Å². The Bertz CT molecular complexity index is 418. The third kappa shape index (κ3) is 3.35. The number of nitrogens with one attached hydrogen (secondary N) is 1. The van der Waals surface area contributed by atoms with E-state index in [1.54, 1.807) is 6.07 Å². The molecule has 1 aliphatic carbocycles. The molecule has 0 aliphatic heterocycles. The van der Waals surface area contributed by atoms with Gasteiger partial charge in [0.1, 0.15) is 4.34 Å². The first kappa shape index (κ1) is 13.1. The van der Waals surface area contributed by atoms with E-state index < -0.39 is 0 Å². The summed E-state index contributed by atoms with van der Waals surface area (Å²) in [5.41, 5.74) is 0.422. The van der Waals surface area contributed by atoms with Crippen LogP contribution < -0.4 is 5.32 Å². The first-order valence-corrected chi connectivity index (χ1v) is 7.05. The Hall–Kier alpha value is -0.290. The van der Waals surface area contributed by atoms with Gasteiger partial charge in [0, 0.05) is 12.6 Å². The average molecular weight is 294 g/mol. The molecule has 1 aromatic rings. The van der Waals surface area contributed by atoms with Crippen molar-refractivity contribution < 1.29 is 9.90 Å². The highest BCUT2D eigenvalue weighted by Crippen LogP contribution is 2.35. The summed E-state index contributed by atoms with van der Waals surface area (Å²) < 4.78 is 0.913. The number of aliphatic hydroxyl groups excluding tert-OH is 1. The maximum atomic E-state index is 12.0. The van der Waals surface area contributed by atoms with Gasteiger partial charge in [-0.2, -0.15) is 0 Å². The minimum atomic E-state index is -0.205. The van der Waals surface area contributed by atoms with E-state index in [1.165, 1.54) is 11.3 Å². The fraction of sp³-hybridized carbons (Fsp3) is 0.545. The van der Waals surface area contributed by atoms with Gasteiger partial charge in [0.15, 0.2) is 0 Å². The van der Waals surface area contributed by atoms with Crippen LogP contribution in [0.5, 0.6) is 0 Å². The molecular weight excluding hydrogens is 281 g/mol. The lowest BCUT2D eigenvalue weighted by Gasteiger charge is -2.16. The molecule has 0 radical (unpaired) electrons. The predicted octanol–water partition coefficient (Wildman–Crippen LogP) is 2.95. The Morgan fingerprint density at radius 3 is 2.76 bits per heavy atom. The van der Waals surface area contributed by atoms with Gasteiger partial charge in [0.2, 0.25) is 0 Å². The molecule has 1 unspecified atom stereocenters. The molecule has 1 aliphatic rings. The summed E-state index contributed by atoms with van der Waals surface area (Å²) in [6, 6.07) is 1.62. The lowest BCUT2D eigenvalue weighted by atomic mass is 10.1. The summed E-state index contributed by atoms with van der Waals surface area (Å²) in [5.74, 6) is 0.294. The quantitative estimate of drug-likeness (QED) is 0.877. The Morgan fingerprint density at radius 2 is 2.29 bits per heavy atom. The van der Waals surface area contributed by atoms with Crippen molar-refractivity contribution in [2.75, 3.05) is 6.61 Å². The average Bonchev–Trinajstić information content (AvgIpc) is 3.04. The lowest BCUT2D eigenvalue weighted by Crippen LogP contribution is -2.37. The van der Waals surface area contributed by atoms with Crippen molar-refractivity contribution >= 4 is 40.4 Å². The molecule has 1 fully saturated rings. The van der Waals surface area contributed by atoms with E-state index >= 15 is 0 Å². The number of carbonyl (C=O) groups excluding carboxylic acids is 1. The van der Waals surface area contributed by atoms with Crippen LogP contribution in [0.2, 0.25) is 8.67 Å². The van der Waals surface area contributed by atoms with E-state index in [0.29, 0.717) is 26.6 Å². The number of halogens is 2. The second-order valence-corrected chi connectivity index (χ2v) is 6.45. The van der Waals surface area contributed by atoms with Crippen LogP contribution in [0.25, 0.3) is 0 Å². The van der Waals surface area contributed by atoms with E-state index in [2.05, 4.69) is 5.32 Å². The number of hydrogen-bond acceptors (Lipinski definition) is 3. The normalized spacial score (nSPS) is 16.9. The maximum absolute atomic E-state index is 12.0. The third-order valence-corrected chi connectivity index (χ3v) is 4.34. The van der Waals surface area contributed by atoms with E-state index in [0.717, 1.165) is 12.8 Å². The van der Waals surface area contributed by atoms with Gasteiger partial charge < -0.3 is 10.4 Å². The Balaban J connectivity index is 2.02. The molecule has 1 atom stereocenters. The van der Waals surface area contributed by atoms with E-state index in [4.69, 9.17) is 28.3 Å². The minimum Gasteiger partial charge on any atom is -0.396 e. The lowest BCUT2D eigenvalue weighted by molar-refractivity contribution is 0.0925. The van der Waals surface area contributed by atoms with Crippen LogP contribution in [0.1, 0.15) is 29.6 Å². The molecule has 3 nitrogen and oxygen atoms in total. The van der Waals surface area contributed by atoms with Crippen LogP contribution in [0, 0.1) is 5.92 Å². The highest BCUT2D eigenvalue weighted by atomic mass is 35.5. The summed E-state index contributed by atoms with van der Waals surface area (Å²) in [6.45, 7) is 0.0829. The van der Waals surface area contributed by atoms with Crippen molar-refractivity contribution in [3.63, 3.8) is 0 Å². The zero-order chi connectivity index (χ0) is 12.4.